The molecule has 1 saturated heterocycles. The Bertz CT molecular complexity index is 184. The van der Waals surface area contributed by atoms with Crippen LogP contribution in [0.3, 0.4) is 0 Å². The van der Waals surface area contributed by atoms with Crippen LogP contribution in [0.4, 0.5) is 0 Å². The number of hydrogen-bond donors (Lipinski definition) is 1. The molecular weight excluding hydrogens is 145 g/mol. The van der Waals surface area contributed by atoms with E-state index < -0.39 is 0 Å². The maximum absolute atomic E-state index is 3.43. The molecule has 1 nitrogen and oxygen atoms in total. The van der Waals surface area contributed by atoms with Crippen molar-refractivity contribution in [3.63, 3.8) is 0 Å². The molecule has 1 aliphatic carbocycles. The third kappa shape index (κ3) is 2.11. The summed E-state index contributed by atoms with van der Waals surface area (Å²) in [5, 5.41) is 3.43. The van der Waals surface area contributed by atoms with Crippen LogP contribution in [0.5, 0.6) is 0 Å². The molecule has 1 heterocycles. The van der Waals surface area contributed by atoms with Gasteiger partial charge in [-0.05, 0) is 25.3 Å². The van der Waals surface area contributed by atoms with Crippen molar-refractivity contribution in [3.05, 3.63) is 23.9 Å². The van der Waals surface area contributed by atoms with E-state index in [4.69, 9.17) is 0 Å². The second kappa shape index (κ2) is 4.34. The topological polar surface area (TPSA) is 12.0 Å². The number of hydrogen-bond acceptors (Lipinski definition) is 1. The van der Waals surface area contributed by atoms with Crippen molar-refractivity contribution in [3.8, 4) is 0 Å². The number of fused-ring (bicyclic) bond motifs is 1. The Labute approximate surface area is 90.2 Å². The molecule has 1 atom stereocenters. The zero-order valence-electron chi connectivity index (χ0n) is 6.14. The zero-order chi connectivity index (χ0) is 6.81. The summed E-state index contributed by atoms with van der Waals surface area (Å²) in [6.07, 6.45) is 10.6. The molecule has 0 aromatic rings. The minimum absolute atomic E-state index is 0. The van der Waals surface area contributed by atoms with E-state index in [0.29, 0.717) is 0 Å². The molecule has 2 heteroatoms. The molecule has 2 rings (SSSR count). The molecule has 0 saturated carbocycles. The van der Waals surface area contributed by atoms with Crippen molar-refractivity contribution in [2.75, 3.05) is 6.54 Å². The average molecular weight is 159 g/mol. The van der Waals surface area contributed by atoms with Crippen LogP contribution in [0.2, 0.25) is 0 Å². The molecule has 11 heavy (non-hydrogen) atoms. The van der Waals surface area contributed by atoms with Gasteiger partial charge in [0.1, 0.15) is 0 Å². The van der Waals surface area contributed by atoms with E-state index in [0.717, 1.165) is 5.92 Å². The van der Waals surface area contributed by atoms with Gasteiger partial charge in [0.15, 0.2) is 0 Å². The molecule has 2 aliphatic rings. The fourth-order valence-electron chi connectivity index (χ4n) is 1.74. The Kier molecular flexibility index (Phi) is 3.70. The molecule has 0 bridgehead atoms. The molecule has 0 spiro atoms. The van der Waals surface area contributed by atoms with Crippen LogP contribution >= 0.6 is 0 Å². The molecule has 1 fully saturated rings. The molecule has 1 aliphatic heterocycles. The van der Waals surface area contributed by atoms with Gasteiger partial charge >= 0.3 is 29.6 Å². The molecule has 0 amide bonds. The Morgan fingerprint density at radius 2 is 2.36 bits per heavy atom. The zero-order valence-corrected chi connectivity index (χ0v) is 6.14. The second-order valence-electron chi connectivity index (χ2n) is 3.05. The van der Waals surface area contributed by atoms with E-state index in [-0.39, 0.29) is 29.6 Å². The standard InChI is InChI=1S/C9H13N.Na.H/c1-2-6-9-8(4-1)5-3-7-10-9;;/h1-2,6,8,10H,3-5,7H2;;. The van der Waals surface area contributed by atoms with E-state index in [9.17, 15) is 0 Å². The van der Waals surface area contributed by atoms with Gasteiger partial charge in [0.25, 0.3) is 0 Å². The summed E-state index contributed by atoms with van der Waals surface area (Å²) >= 11 is 0. The predicted molar refractivity (Wildman–Crippen MR) is 49.7 cm³/mol. The van der Waals surface area contributed by atoms with Crippen LogP contribution in [0, 0.1) is 5.92 Å². The van der Waals surface area contributed by atoms with E-state index in [2.05, 4.69) is 23.5 Å². The SMILES string of the molecule is C1=CCC2CCCNC2=C1.[NaH]. The van der Waals surface area contributed by atoms with Crippen molar-refractivity contribution in [2.45, 2.75) is 19.3 Å². The van der Waals surface area contributed by atoms with Crippen LogP contribution in [0.15, 0.2) is 23.9 Å². The fourth-order valence-corrected chi connectivity index (χ4v) is 1.74. The van der Waals surface area contributed by atoms with Crippen molar-refractivity contribution >= 4 is 29.6 Å². The van der Waals surface area contributed by atoms with Crippen LogP contribution < -0.4 is 5.32 Å². The molecule has 1 N–H and O–H groups in total. The Morgan fingerprint density at radius 3 is 3.18 bits per heavy atom. The average Bonchev–Trinajstić information content (AvgIpc) is 2.05. The number of rotatable bonds is 0. The number of allylic oxidation sites excluding steroid dienone is 4. The maximum atomic E-state index is 3.43. The van der Waals surface area contributed by atoms with Crippen molar-refractivity contribution in [1.82, 2.24) is 5.32 Å². The van der Waals surface area contributed by atoms with Gasteiger partial charge in [0, 0.05) is 18.2 Å². The first kappa shape index (κ1) is 9.37. The third-order valence-corrected chi connectivity index (χ3v) is 2.33. The molecule has 1 unspecified atom stereocenters. The first-order chi connectivity index (χ1) is 4.97. The first-order valence-corrected chi connectivity index (χ1v) is 4.07. The van der Waals surface area contributed by atoms with E-state index in [1.807, 2.05) is 0 Å². The predicted octanol–water partition coefficient (Wildman–Crippen LogP) is 1.18. The van der Waals surface area contributed by atoms with Crippen LogP contribution in [-0.4, -0.2) is 36.1 Å². The Morgan fingerprint density at radius 1 is 1.45 bits per heavy atom. The Hall–Kier alpha value is 0.280. The summed E-state index contributed by atoms with van der Waals surface area (Å²) in [6.45, 7) is 1.18. The van der Waals surface area contributed by atoms with Crippen LogP contribution in [-0.2, 0) is 0 Å². The van der Waals surface area contributed by atoms with Crippen molar-refractivity contribution < 1.29 is 0 Å². The molecule has 0 radical (unpaired) electrons. The van der Waals surface area contributed by atoms with Crippen molar-refractivity contribution in [1.29, 1.82) is 0 Å². The van der Waals surface area contributed by atoms with Gasteiger partial charge in [-0.3, -0.25) is 0 Å². The van der Waals surface area contributed by atoms with Gasteiger partial charge in [-0.15, -0.1) is 0 Å². The first-order valence-electron chi connectivity index (χ1n) is 4.07. The van der Waals surface area contributed by atoms with E-state index in [1.54, 1.807) is 0 Å². The summed E-state index contributed by atoms with van der Waals surface area (Å²) in [5.41, 5.74) is 1.47. The third-order valence-electron chi connectivity index (χ3n) is 2.33. The van der Waals surface area contributed by atoms with Gasteiger partial charge in [-0.2, -0.15) is 0 Å². The molecule has 0 aromatic heterocycles. The summed E-state index contributed by atoms with van der Waals surface area (Å²) in [6, 6.07) is 0. The molecule has 56 valence electrons. The summed E-state index contributed by atoms with van der Waals surface area (Å²) in [5.74, 6) is 0.818. The quantitative estimate of drug-likeness (QED) is 0.523. The fraction of sp³-hybridized carbons (Fsp3) is 0.556. The summed E-state index contributed by atoms with van der Waals surface area (Å²) < 4.78 is 0. The second-order valence-corrected chi connectivity index (χ2v) is 3.05. The van der Waals surface area contributed by atoms with E-state index >= 15 is 0 Å². The van der Waals surface area contributed by atoms with Gasteiger partial charge in [0.2, 0.25) is 0 Å². The number of nitrogens with one attached hydrogen (secondary N) is 1. The van der Waals surface area contributed by atoms with E-state index in [1.165, 1.54) is 31.5 Å². The summed E-state index contributed by atoms with van der Waals surface area (Å²) in [7, 11) is 0. The number of piperidine rings is 1. The Balaban J connectivity index is 0.000000605. The minimum atomic E-state index is 0. The van der Waals surface area contributed by atoms with Crippen molar-refractivity contribution in [2.24, 2.45) is 5.92 Å². The molecular formula is C9H14NNa. The van der Waals surface area contributed by atoms with Crippen LogP contribution in [0.25, 0.3) is 0 Å². The van der Waals surface area contributed by atoms with Crippen LogP contribution in [0.1, 0.15) is 19.3 Å². The van der Waals surface area contributed by atoms with Gasteiger partial charge < -0.3 is 5.32 Å². The van der Waals surface area contributed by atoms with Gasteiger partial charge in [-0.1, -0.05) is 12.2 Å². The molecule has 0 aromatic carbocycles. The van der Waals surface area contributed by atoms with Gasteiger partial charge in [0.05, 0.1) is 0 Å². The normalized spacial score (nSPS) is 27.6. The van der Waals surface area contributed by atoms with Gasteiger partial charge in [-0.25, -0.2) is 0 Å². The monoisotopic (exact) mass is 159 g/mol. The summed E-state index contributed by atoms with van der Waals surface area (Å²) in [4.78, 5) is 0.